The third kappa shape index (κ3) is 3.84. The molecule has 1 aliphatic rings. The minimum Gasteiger partial charge on any atom is -0.391 e. The number of fused-ring (bicyclic) bond motifs is 1. The molecule has 2 aromatic heterocycles. The van der Waals surface area contributed by atoms with Gasteiger partial charge >= 0.3 is 0 Å². The van der Waals surface area contributed by atoms with Crippen LogP contribution >= 0.6 is 11.6 Å². The first-order valence-corrected chi connectivity index (χ1v) is 8.13. The van der Waals surface area contributed by atoms with Gasteiger partial charge in [-0.15, -0.1) is 0 Å². The molecule has 4 N–H and O–H groups in total. The van der Waals surface area contributed by atoms with Crippen molar-refractivity contribution >= 4 is 28.5 Å². The summed E-state index contributed by atoms with van der Waals surface area (Å²) < 4.78 is 4.93. The second-order valence-corrected chi connectivity index (χ2v) is 5.95. The van der Waals surface area contributed by atoms with Crippen molar-refractivity contribution in [3.63, 3.8) is 0 Å². The van der Waals surface area contributed by atoms with Crippen molar-refractivity contribution in [2.24, 2.45) is 0 Å². The van der Waals surface area contributed by atoms with E-state index in [-0.39, 0.29) is 12.1 Å². The quantitative estimate of drug-likeness (QED) is 0.629. The van der Waals surface area contributed by atoms with Gasteiger partial charge in [-0.05, 0) is 25.0 Å². The van der Waals surface area contributed by atoms with Crippen LogP contribution in [0.2, 0.25) is 5.02 Å². The molecule has 126 valence electrons. The Hall–Kier alpha value is -2.15. The lowest BCUT2D eigenvalue weighted by Gasteiger charge is -2.15. The third-order valence-corrected chi connectivity index (χ3v) is 4.03. The molecule has 7 heteroatoms. The van der Waals surface area contributed by atoms with Gasteiger partial charge in [-0.25, -0.2) is 9.97 Å². The van der Waals surface area contributed by atoms with Gasteiger partial charge in [0.2, 0.25) is 5.95 Å². The molecular formula is C17H19ClN4O2. The number of benzene rings is 1. The molecule has 0 amide bonds. The van der Waals surface area contributed by atoms with Gasteiger partial charge in [0.05, 0.1) is 29.6 Å². The van der Waals surface area contributed by atoms with E-state index in [9.17, 15) is 0 Å². The van der Waals surface area contributed by atoms with Crippen LogP contribution in [0.15, 0.2) is 36.7 Å². The topological polar surface area (TPSA) is 97.1 Å². The summed E-state index contributed by atoms with van der Waals surface area (Å²) in [5.74, 6) is 0.219. The van der Waals surface area contributed by atoms with E-state index in [1.54, 1.807) is 0 Å². The van der Waals surface area contributed by atoms with Crippen LogP contribution in [0.25, 0.3) is 22.2 Å². The number of nitrogen functional groups attached to an aromatic ring is 1. The molecule has 1 atom stereocenters. The molecule has 0 radical (unpaired) electrons. The van der Waals surface area contributed by atoms with E-state index in [2.05, 4.69) is 15.0 Å². The maximum Gasteiger partial charge on any atom is 0.220 e. The number of halogens is 1. The van der Waals surface area contributed by atoms with Gasteiger partial charge in [0, 0.05) is 29.3 Å². The maximum atomic E-state index is 8.78. The van der Waals surface area contributed by atoms with E-state index < -0.39 is 0 Å². The summed E-state index contributed by atoms with van der Waals surface area (Å²) in [6, 6.07) is 7.89. The van der Waals surface area contributed by atoms with Gasteiger partial charge in [-0.1, -0.05) is 23.7 Å². The molecule has 0 aliphatic carbocycles. The summed E-state index contributed by atoms with van der Waals surface area (Å²) in [5, 5.41) is 10.3. The summed E-state index contributed by atoms with van der Waals surface area (Å²) in [4.78, 5) is 11.2. The molecule has 24 heavy (non-hydrogen) atoms. The number of ether oxygens (including phenoxy) is 1. The number of aromatic amines is 1. The van der Waals surface area contributed by atoms with Gasteiger partial charge in [0.25, 0.3) is 0 Å². The summed E-state index contributed by atoms with van der Waals surface area (Å²) in [6.45, 7) is 1.37. The smallest absolute Gasteiger partial charge is 0.220 e. The molecule has 1 aromatic carbocycles. The van der Waals surface area contributed by atoms with Crippen LogP contribution in [0.4, 0.5) is 5.95 Å². The largest absolute Gasteiger partial charge is 0.391 e. The average Bonchev–Trinajstić information content (AvgIpc) is 3.07. The first kappa shape index (κ1) is 16.7. The molecule has 0 spiro atoms. The number of aliphatic hydroxyl groups excluding tert-OH is 1. The minimum atomic E-state index is -0.186. The molecular weight excluding hydrogens is 328 g/mol. The van der Waals surface area contributed by atoms with Crippen LogP contribution in [-0.2, 0) is 4.74 Å². The van der Waals surface area contributed by atoms with E-state index in [1.165, 1.54) is 6.20 Å². The maximum absolute atomic E-state index is 8.78. The highest BCUT2D eigenvalue weighted by Crippen LogP contribution is 2.31. The van der Waals surface area contributed by atoms with Crippen LogP contribution in [0.5, 0.6) is 0 Å². The molecule has 1 saturated heterocycles. The Morgan fingerprint density at radius 1 is 1.33 bits per heavy atom. The number of aromatic nitrogens is 3. The van der Waals surface area contributed by atoms with Crippen molar-refractivity contribution in [3.8, 4) is 11.3 Å². The molecule has 0 bridgehead atoms. The molecule has 3 heterocycles. The van der Waals surface area contributed by atoms with Crippen molar-refractivity contribution < 1.29 is 9.84 Å². The third-order valence-electron chi connectivity index (χ3n) is 3.75. The second kappa shape index (κ2) is 7.61. The molecule has 6 nitrogen and oxygen atoms in total. The highest BCUT2D eigenvalue weighted by Gasteiger charge is 2.10. The van der Waals surface area contributed by atoms with E-state index in [0.29, 0.717) is 17.3 Å². The monoisotopic (exact) mass is 346 g/mol. The minimum absolute atomic E-state index is 0.186. The number of rotatable bonds is 1. The Kier molecular flexibility index (Phi) is 5.30. The number of nitrogens with two attached hydrogens (primary N) is 1. The molecule has 3 aromatic rings. The highest BCUT2D eigenvalue weighted by atomic mass is 35.5. The van der Waals surface area contributed by atoms with Crippen LogP contribution in [0.1, 0.15) is 12.8 Å². The Morgan fingerprint density at radius 3 is 2.92 bits per heavy atom. The average molecular weight is 347 g/mol. The van der Waals surface area contributed by atoms with Gasteiger partial charge in [0.1, 0.15) is 0 Å². The van der Waals surface area contributed by atoms with Crippen LogP contribution in [0.3, 0.4) is 0 Å². The number of H-pyrrole nitrogens is 1. The number of nitrogens with zero attached hydrogens (tertiary/aromatic N) is 2. The first-order chi connectivity index (χ1) is 11.6. The summed E-state index contributed by atoms with van der Waals surface area (Å²) in [5.41, 5.74) is 8.24. The van der Waals surface area contributed by atoms with Gasteiger partial charge < -0.3 is 20.6 Å². The second-order valence-electron chi connectivity index (χ2n) is 5.54. The summed E-state index contributed by atoms with van der Waals surface area (Å²) in [6.07, 6.45) is 5.15. The van der Waals surface area contributed by atoms with Crippen LogP contribution in [0, 0.1) is 0 Å². The predicted octanol–water partition coefficient (Wildman–Crippen LogP) is 3.02. The Balaban J connectivity index is 0.000000203. The molecule has 1 aliphatic heterocycles. The first-order valence-electron chi connectivity index (χ1n) is 7.75. The van der Waals surface area contributed by atoms with Gasteiger partial charge in [-0.2, -0.15) is 0 Å². The number of anilines is 1. The lowest BCUT2D eigenvalue weighted by atomic mass is 10.1. The normalized spacial score (nSPS) is 17.3. The summed E-state index contributed by atoms with van der Waals surface area (Å²) >= 11 is 6.11. The molecule has 4 rings (SSSR count). The standard InChI is InChI=1S/C12H9ClN4.C5H10O2/c13-9-6-16-12(14)17-11(9)8-2-1-3-10-7(8)4-5-15-10;6-5-2-1-3-7-4-5/h1-6,15H,(H2,14,16,17);5-6H,1-4H2. The lowest BCUT2D eigenvalue weighted by molar-refractivity contribution is -0.00535. The fraction of sp³-hybridized carbons (Fsp3) is 0.294. The zero-order valence-corrected chi connectivity index (χ0v) is 13.8. The predicted molar refractivity (Wildman–Crippen MR) is 94.8 cm³/mol. The van der Waals surface area contributed by atoms with Crippen molar-refractivity contribution in [1.29, 1.82) is 0 Å². The van der Waals surface area contributed by atoms with E-state index in [0.717, 1.165) is 35.9 Å². The number of nitrogens with one attached hydrogen (secondary N) is 1. The Labute approximate surface area is 144 Å². The number of hydrogen-bond acceptors (Lipinski definition) is 5. The number of aliphatic hydroxyl groups is 1. The highest BCUT2D eigenvalue weighted by molar-refractivity contribution is 6.33. The van der Waals surface area contributed by atoms with Crippen molar-refractivity contribution in [1.82, 2.24) is 15.0 Å². The summed E-state index contributed by atoms with van der Waals surface area (Å²) in [7, 11) is 0. The fourth-order valence-corrected chi connectivity index (χ4v) is 2.78. The SMILES string of the molecule is Nc1ncc(Cl)c(-c2cccc3[nH]ccc23)n1.OC1CCCOC1. The van der Waals surface area contributed by atoms with Crippen LogP contribution in [-0.4, -0.2) is 39.4 Å². The zero-order valence-electron chi connectivity index (χ0n) is 13.1. The fourth-order valence-electron chi connectivity index (χ4n) is 2.59. The molecule has 1 fully saturated rings. The lowest BCUT2D eigenvalue weighted by Crippen LogP contribution is -2.21. The Morgan fingerprint density at radius 2 is 2.21 bits per heavy atom. The Bertz CT molecular complexity index is 815. The van der Waals surface area contributed by atoms with Crippen molar-refractivity contribution in [2.75, 3.05) is 18.9 Å². The zero-order chi connectivity index (χ0) is 16.9. The van der Waals surface area contributed by atoms with Crippen molar-refractivity contribution in [3.05, 3.63) is 41.7 Å². The molecule has 1 unspecified atom stereocenters. The van der Waals surface area contributed by atoms with Gasteiger partial charge in [0.15, 0.2) is 0 Å². The van der Waals surface area contributed by atoms with E-state index >= 15 is 0 Å². The van der Waals surface area contributed by atoms with Crippen molar-refractivity contribution in [2.45, 2.75) is 18.9 Å². The van der Waals surface area contributed by atoms with Crippen LogP contribution < -0.4 is 5.73 Å². The van der Waals surface area contributed by atoms with E-state index in [1.807, 2.05) is 30.5 Å². The van der Waals surface area contributed by atoms with E-state index in [4.69, 9.17) is 27.2 Å². The number of hydrogen-bond donors (Lipinski definition) is 3. The molecule has 0 saturated carbocycles. The van der Waals surface area contributed by atoms with Gasteiger partial charge in [-0.3, -0.25) is 0 Å².